The Kier molecular flexibility index (Phi) is 3.55. The van der Waals surface area contributed by atoms with Crippen LogP contribution in [0.5, 0.6) is 0 Å². The van der Waals surface area contributed by atoms with Gasteiger partial charge >= 0.3 is 0 Å². The van der Waals surface area contributed by atoms with Crippen LogP contribution in [0, 0.1) is 0 Å². The fourth-order valence-electron chi connectivity index (χ4n) is 1.34. The minimum atomic E-state index is 0.745. The molecule has 0 fully saturated rings. The van der Waals surface area contributed by atoms with Gasteiger partial charge in [-0.2, -0.15) is 5.10 Å². The molecule has 0 radical (unpaired) electrons. The molecule has 0 aliphatic carbocycles. The zero-order valence-corrected chi connectivity index (χ0v) is 9.17. The first-order valence-corrected chi connectivity index (χ1v) is 5.15. The SMILES string of the molecule is Cn1cnc(CCNCc2ccncn2)n1. The standard InChI is InChI=1S/C10H14N6/c1-16-8-14-10(15-16)3-5-11-6-9-2-4-12-7-13-9/h2,4,7-8,11H,3,5-6H2,1H3. The highest BCUT2D eigenvalue weighted by Gasteiger charge is 1.98. The van der Waals surface area contributed by atoms with Crippen molar-refractivity contribution < 1.29 is 0 Å². The number of nitrogens with one attached hydrogen (secondary N) is 1. The van der Waals surface area contributed by atoms with Crippen molar-refractivity contribution >= 4 is 0 Å². The van der Waals surface area contributed by atoms with Gasteiger partial charge in [0.05, 0.1) is 5.69 Å². The average Bonchev–Trinajstić information content (AvgIpc) is 2.72. The van der Waals surface area contributed by atoms with E-state index in [0.717, 1.165) is 31.0 Å². The summed E-state index contributed by atoms with van der Waals surface area (Å²) in [5, 5.41) is 7.48. The van der Waals surface area contributed by atoms with E-state index in [0.29, 0.717) is 0 Å². The van der Waals surface area contributed by atoms with E-state index in [1.807, 2.05) is 13.1 Å². The molecule has 0 aliphatic rings. The van der Waals surface area contributed by atoms with Crippen molar-refractivity contribution in [3.63, 3.8) is 0 Å². The molecule has 0 spiro atoms. The third kappa shape index (κ3) is 3.09. The van der Waals surface area contributed by atoms with E-state index in [2.05, 4.69) is 25.4 Å². The van der Waals surface area contributed by atoms with Crippen LogP contribution in [0.3, 0.4) is 0 Å². The number of nitrogens with zero attached hydrogens (tertiary/aromatic N) is 5. The van der Waals surface area contributed by atoms with Crippen molar-refractivity contribution in [2.75, 3.05) is 6.54 Å². The number of rotatable bonds is 5. The maximum Gasteiger partial charge on any atom is 0.151 e. The summed E-state index contributed by atoms with van der Waals surface area (Å²) in [7, 11) is 1.87. The Morgan fingerprint density at radius 2 is 2.31 bits per heavy atom. The lowest BCUT2D eigenvalue weighted by Gasteiger charge is -2.01. The van der Waals surface area contributed by atoms with E-state index >= 15 is 0 Å². The lowest BCUT2D eigenvalue weighted by atomic mass is 10.3. The van der Waals surface area contributed by atoms with E-state index in [4.69, 9.17) is 0 Å². The van der Waals surface area contributed by atoms with E-state index in [1.54, 1.807) is 23.5 Å². The molecule has 0 unspecified atom stereocenters. The molecule has 0 saturated heterocycles. The summed E-state index contributed by atoms with van der Waals surface area (Å²) in [5.74, 6) is 0.859. The molecule has 1 N–H and O–H groups in total. The highest BCUT2D eigenvalue weighted by atomic mass is 15.3. The molecule has 6 heteroatoms. The molecule has 84 valence electrons. The van der Waals surface area contributed by atoms with Crippen LogP contribution in [-0.4, -0.2) is 31.3 Å². The normalized spacial score (nSPS) is 10.6. The van der Waals surface area contributed by atoms with Gasteiger partial charge in [-0.05, 0) is 6.07 Å². The maximum atomic E-state index is 4.20. The fourth-order valence-corrected chi connectivity index (χ4v) is 1.34. The van der Waals surface area contributed by atoms with Crippen LogP contribution < -0.4 is 5.32 Å². The van der Waals surface area contributed by atoms with E-state index < -0.39 is 0 Å². The van der Waals surface area contributed by atoms with Gasteiger partial charge < -0.3 is 5.32 Å². The zero-order chi connectivity index (χ0) is 11.2. The van der Waals surface area contributed by atoms with Crippen LogP contribution in [0.1, 0.15) is 11.5 Å². The zero-order valence-electron chi connectivity index (χ0n) is 9.17. The number of aryl methyl sites for hydroxylation is 1. The molecular formula is C10H14N6. The minimum Gasteiger partial charge on any atom is -0.311 e. The highest BCUT2D eigenvalue weighted by Crippen LogP contribution is 1.91. The van der Waals surface area contributed by atoms with Gasteiger partial charge in [-0.1, -0.05) is 0 Å². The average molecular weight is 218 g/mol. The largest absolute Gasteiger partial charge is 0.311 e. The number of hydrogen-bond donors (Lipinski definition) is 1. The summed E-state index contributed by atoms with van der Waals surface area (Å²) in [6, 6.07) is 1.89. The second kappa shape index (κ2) is 5.32. The predicted molar refractivity (Wildman–Crippen MR) is 58.4 cm³/mol. The molecule has 2 aromatic heterocycles. The molecular weight excluding hydrogens is 204 g/mol. The van der Waals surface area contributed by atoms with Gasteiger partial charge in [-0.3, -0.25) is 4.68 Å². The van der Waals surface area contributed by atoms with Crippen LogP contribution in [0.25, 0.3) is 0 Å². The molecule has 0 bridgehead atoms. The van der Waals surface area contributed by atoms with Gasteiger partial charge in [-0.15, -0.1) is 0 Å². The van der Waals surface area contributed by atoms with Gasteiger partial charge in [0.2, 0.25) is 0 Å². The van der Waals surface area contributed by atoms with Gasteiger partial charge in [0, 0.05) is 32.8 Å². The van der Waals surface area contributed by atoms with Crippen LogP contribution in [-0.2, 0) is 20.0 Å². The van der Waals surface area contributed by atoms with Crippen LogP contribution in [0.15, 0.2) is 24.9 Å². The third-order valence-corrected chi connectivity index (χ3v) is 2.12. The lowest BCUT2D eigenvalue weighted by Crippen LogP contribution is -2.18. The molecule has 0 saturated carbocycles. The van der Waals surface area contributed by atoms with E-state index in [-0.39, 0.29) is 0 Å². The predicted octanol–water partition coefficient (Wildman–Crippen LogP) is -0.0626. The monoisotopic (exact) mass is 218 g/mol. The van der Waals surface area contributed by atoms with Crippen molar-refractivity contribution in [3.05, 3.63) is 36.4 Å². The first kappa shape index (κ1) is 10.7. The highest BCUT2D eigenvalue weighted by molar-refractivity contribution is 4.97. The first-order valence-electron chi connectivity index (χ1n) is 5.15. The van der Waals surface area contributed by atoms with E-state index in [9.17, 15) is 0 Å². The van der Waals surface area contributed by atoms with Crippen molar-refractivity contribution in [2.24, 2.45) is 7.05 Å². The van der Waals surface area contributed by atoms with Crippen LogP contribution in [0.2, 0.25) is 0 Å². The molecule has 0 aliphatic heterocycles. The third-order valence-electron chi connectivity index (χ3n) is 2.12. The quantitative estimate of drug-likeness (QED) is 0.712. The number of hydrogen-bond acceptors (Lipinski definition) is 5. The lowest BCUT2D eigenvalue weighted by molar-refractivity contribution is 0.651. The Balaban J connectivity index is 1.69. The summed E-state index contributed by atoms with van der Waals surface area (Å²) in [6.07, 6.45) is 5.83. The van der Waals surface area contributed by atoms with Crippen LogP contribution >= 0.6 is 0 Å². The number of aromatic nitrogens is 5. The first-order chi connectivity index (χ1) is 7.84. The molecule has 0 atom stereocenters. The van der Waals surface area contributed by atoms with Gasteiger partial charge in [0.15, 0.2) is 5.82 Å². The molecule has 6 nitrogen and oxygen atoms in total. The Hall–Kier alpha value is -1.82. The molecule has 0 amide bonds. The summed E-state index contributed by atoms with van der Waals surface area (Å²) in [5.41, 5.74) is 0.990. The molecule has 2 rings (SSSR count). The topological polar surface area (TPSA) is 68.5 Å². The molecule has 0 aromatic carbocycles. The summed E-state index contributed by atoms with van der Waals surface area (Å²) in [4.78, 5) is 12.1. The fraction of sp³-hybridized carbons (Fsp3) is 0.400. The van der Waals surface area contributed by atoms with Crippen LogP contribution in [0.4, 0.5) is 0 Å². The molecule has 2 heterocycles. The Bertz CT molecular complexity index is 424. The summed E-state index contributed by atoms with van der Waals surface area (Å²) < 4.78 is 1.71. The van der Waals surface area contributed by atoms with Crippen molar-refractivity contribution in [2.45, 2.75) is 13.0 Å². The summed E-state index contributed by atoms with van der Waals surface area (Å²) >= 11 is 0. The summed E-state index contributed by atoms with van der Waals surface area (Å²) in [6.45, 7) is 1.59. The Morgan fingerprint density at radius 3 is 3.00 bits per heavy atom. The van der Waals surface area contributed by atoms with Crippen molar-refractivity contribution in [1.82, 2.24) is 30.0 Å². The van der Waals surface area contributed by atoms with Crippen molar-refractivity contribution in [1.29, 1.82) is 0 Å². The smallest absolute Gasteiger partial charge is 0.151 e. The second-order valence-corrected chi connectivity index (χ2v) is 3.46. The minimum absolute atomic E-state index is 0.745. The second-order valence-electron chi connectivity index (χ2n) is 3.46. The van der Waals surface area contributed by atoms with Crippen molar-refractivity contribution in [3.8, 4) is 0 Å². The maximum absolute atomic E-state index is 4.20. The molecule has 2 aromatic rings. The Labute approximate surface area is 93.8 Å². The van der Waals surface area contributed by atoms with Gasteiger partial charge in [0.1, 0.15) is 12.7 Å². The molecule has 16 heavy (non-hydrogen) atoms. The van der Waals surface area contributed by atoms with E-state index in [1.165, 1.54) is 0 Å². The van der Waals surface area contributed by atoms with Gasteiger partial charge in [-0.25, -0.2) is 15.0 Å². The Morgan fingerprint density at radius 1 is 1.38 bits per heavy atom. The van der Waals surface area contributed by atoms with Gasteiger partial charge in [0.25, 0.3) is 0 Å².